The average Bonchev–Trinajstić information content (AvgIpc) is 2.66. The minimum atomic E-state index is -0.331. The molecule has 0 saturated heterocycles. The van der Waals surface area contributed by atoms with Gasteiger partial charge in [-0.15, -0.1) is 0 Å². The van der Waals surface area contributed by atoms with Crippen molar-refractivity contribution in [3.05, 3.63) is 65.7 Å². The summed E-state index contributed by atoms with van der Waals surface area (Å²) >= 11 is 0. The Hall–Kier alpha value is -2.37. The molecular weight excluding hydrogens is 326 g/mol. The lowest BCUT2D eigenvalue weighted by Gasteiger charge is -2.20. The normalized spacial score (nSPS) is 13.3. The van der Waals surface area contributed by atoms with Gasteiger partial charge in [0.05, 0.1) is 5.92 Å². The molecule has 0 fully saturated rings. The van der Waals surface area contributed by atoms with Crippen LogP contribution in [0.15, 0.2) is 54.6 Å². The zero-order chi connectivity index (χ0) is 18.9. The lowest BCUT2D eigenvalue weighted by atomic mass is 9.94. The predicted octanol–water partition coefficient (Wildman–Crippen LogP) is 2.58. The number of para-hydroxylation sites is 1. The third-order valence-electron chi connectivity index (χ3n) is 4.36. The second-order valence-electron chi connectivity index (χ2n) is 6.70. The maximum absolute atomic E-state index is 12.5. The van der Waals surface area contributed by atoms with Gasteiger partial charge in [-0.3, -0.25) is 4.79 Å². The molecule has 5 heteroatoms. The average molecular weight is 355 g/mol. The molecule has 0 aliphatic heterocycles. The van der Waals surface area contributed by atoms with E-state index in [0.717, 1.165) is 23.4 Å². The van der Waals surface area contributed by atoms with E-state index >= 15 is 0 Å². The summed E-state index contributed by atoms with van der Waals surface area (Å²) in [5, 5.41) is 2.98. The van der Waals surface area contributed by atoms with Gasteiger partial charge in [-0.25, -0.2) is 0 Å². The number of rotatable bonds is 9. The summed E-state index contributed by atoms with van der Waals surface area (Å²) in [4.78, 5) is 14.6. The lowest BCUT2D eigenvalue weighted by molar-refractivity contribution is -0.125. The number of carbonyl (C=O) groups is 1. The van der Waals surface area contributed by atoms with E-state index in [2.05, 4.69) is 10.2 Å². The second-order valence-corrected chi connectivity index (χ2v) is 6.70. The molecule has 0 saturated carbocycles. The number of carbonyl (C=O) groups excluding carboxylic acids is 1. The van der Waals surface area contributed by atoms with Crippen LogP contribution in [0, 0.1) is 5.92 Å². The first-order valence-corrected chi connectivity index (χ1v) is 8.92. The Morgan fingerprint density at radius 2 is 1.77 bits per heavy atom. The molecule has 0 aliphatic carbocycles. The van der Waals surface area contributed by atoms with Gasteiger partial charge in [0, 0.05) is 24.7 Å². The van der Waals surface area contributed by atoms with Crippen molar-refractivity contribution in [3.63, 3.8) is 0 Å². The number of hydrogen-bond donors (Lipinski definition) is 2. The summed E-state index contributed by atoms with van der Waals surface area (Å²) in [5.41, 5.74) is 8.16. The van der Waals surface area contributed by atoms with Gasteiger partial charge in [-0.05, 0) is 25.7 Å². The fourth-order valence-corrected chi connectivity index (χ4v) is 2.60. The molecule has 3 N–H and O–H groups in total. The molecule has 140 valence electrons. The molecule has 2 aromatic rings. The van der Waals surface area contributed by atoms with Gasteiger partial charge in [-0.2, -0.15) is 0 Å². The highest BCUT2D eigenvalue weighted by Crippen LogP contribution is 2.21. The first-order chi connectivity index (χ1) is 12.5. The highest BCUT2D eigenvalue weighted by atomic mass is 16.5. The highest BCUT2D eigenvalue weighted by Gasteiger charge is 2.22. The molecular formula is C21H29N3O2. The summed E-state index contributed by atoms with van der Waals surface area (Å²) in [6.45, 7) is 3.71. The molecule has 5 nitrogen and oxygen atoms in total. The van der Waals surface area contributed by atoms with Crippen LogP contribution in [0.1, 0.15) is 24.1 Å². The minimum Gasteiger partial charge on any atom is -0.492 e. The first kappa shape index (κ1) is 19.9. The number of hydrogen-bond acceptors (Lipinski definition) is 4. The summed E-state index contributed by atoms with van der Waals surface area (Å²) in [6, 6.07) is 17.1. The number of ether oxygens (including phenoxy) is 1. The van der Waals surface area contributed by atoms with Crippen LogP contribution < -0.4 is 15.8 Å². The molecule has 2 rings (SSSR count). The summed E-state index contributed by atoms with van der Waals surface area (Å²) in [6.07, 6.45) is 0. The van der Waals surface area contributed by atoms with Crippen molar-refractivity contribution >= 4 is 5.91 Å². The van der Waals surface area contributed by atoms with Crippen LogP contribution in [0.4, 0.5) is 0 Å². The van der Waals surface area contributed by atoms with Crippen LogP contribution in [0.25, 0.3) is 0 Å². The third-order valence-corrected chi connectivity index (χ3v) is 4.36. The van der Waals surface area contributed by atoms with Crippen molar-refractivity contribution in [2.75, 3.05) is 27.2 Å². The largest absolute Gasteiger partial charge is 0.492 e. The van der Waals surface area contributed by atoms with E-state index in [-0.39, 0.29) is 17.9 Å². The number of nitrogens with one attached hydrogen (secondary N) is 1. The SMILES string of the molecule is CC(C(=O)NCc1ccccc1OCCN(C)C)C(N)c1ccccc1. The van der Waals surface area contributed by atoms with Gasteiger partial charge in [-0.1, -0.05) is 55.5 Å². The van der Waals surface area contributed by atoms with Crippen LogP contribution in [-0.4, -0.2) is 38.1 Å². The quantitative estimate of drug-likeness (QED) is 0.725. The zero-order valence-electron chi connectivity index (χ0n) is 15.8. The van der Waals surface area contributed by atoms with E-state index in [4.69, 9.17) is 10.5 Å². The molecule has 0 aromatic heterocycles. The second kappa shape index (κ2) is 9.94. The smallest absolute Gasteiger partial charge is 0.225 e. The lowest BCUT2D eigenvalue weighted by Crippen LogP contribution is -2.35. The minimum absolute atomic E-state index is 0.0653. The van der Waals surface area contributed by atoms with Crippen molar-refractivity contribution in [3.8, 4) is 5.75 Å². The van der Waals surface area contributed by atoms with E-state index in [0.29, 0.717) is 13.2 Å². The van der Waals surface area contributed by atoms with Crippen molar-refractivity contribution in [1.29, 1.82) is 0 Å². The van der Waals surface area contributed by atoms with Crippen LogP contribution in [0.2, 0.25) is 0 Å². The van der Waals surface area contributed by atoms with Gasteiger partial charge >= 0.3 is 0 Å². The predicted molar refractivity (Wildman–Crippen MR) is 105 cm³/mol. The van der Waals surface area contributed by atoms with Gasteiger partial charge in [0.2, 0.25) is 5.91 Å². The van der Waals surface area contributed by atoms with E-state index in [1.165, 1.54) is 0 Å². The zero-order valence-corrected chi connectivity index (χ0v) is 15.8. The number of nitrogens with two attached hydrogens (primary N) is 1. The Morgan fingerprint density at radius 3 is 2.46 bits per heavy atom. The molecule has 2 aromatic carbocycles. The topological polar surface area (TPSA) is 67.6 Å². The number of amides is 1. The molecule has 0 bridgehead atoms. The van der Waals surface area contributed by atoms with E-state index < -0.39 is 0 Å². The molecule has 2 unspecified atom stereocenters. The van der Waals surface area contributed by atoms with Crippen LogP contribution in [0.3, 0.4) is 0 Å². The number of benzene rings is 2. The third kappa shape index (κ3) is 5.86. The maximum atomic E-state index is 12.5. The van der Waals surface area contributed by atoms with Crippen molar-refractivity contribution < 1.29 is 9.53 Å². The molecule has 0 aliphatic rings. The fourth-order valence-electron chi connectivity index (χ4n) is 2.60. The van der Waals surface area contributed by atoms with Crippen molar-refractivity contribution in [1.82, 2.24) is 10.2 Å². The van der Waals surface area contributed by atoms with Crippen LogP contribution in [-0.2, 0) is 11.3 Å². The van der Waals surface area contributed by atoms with Gasteiger partial charge < -0.3 is 20.7 Å². The Balaban J connectivity index is 1.92. The Bertz CT molecular complexity index is 689. The molecule has 0 spiro atoms. The van der Waals surface area contributed by atoms with Crippen LogP contribution >= 0.6 is 0 Å². The fraction of sp³-hybridized carbons (Fsp3) is 0.381. The van der Waals surface area contributed by atoms with Crippen molar-refractivity contribution in [2.45, 2.75) is 19.5 Å². The van der Waals surface area contributed by atoms with Gasteiger partial charge in [0.15, 0.2) is 0 Å². The monoisotopic (exact) mass is 355 g/mol. The van der Waals surface area contributed by atoms with E-state index in [9.17, 15) is 4.79 Å². The Morgan fingerprint density at radius 1 is 1.12 bits per heavy atom. The maximum Gasteiger partial charge on any atom is 0.225 e. The molecule has 0 radical (unpaired) electrons. The van der Waals surface area contributed by atoms with E-state index in [1.54, 1.807) is 0 Å². The van der Waals surface area contributed by atoms with Gasteiger partial charge in [0.1, 0.15) is 12.4 Å². The first-order valence-electron chi connectivity index (χ1n) is 8.92. The van der Waals surface area contributed by atoms with Crippen molar-refractivity contribution in [2.24, 2.45) is 11.7 Å². The summed E-state index contributed by atoms with van der Waals surface area (Å²) in [5.74, 6) is 0.415. The van der Waals surface area contributed by atoms with Crippen LogP contribution in [0.5, 0.6) is 5.75 Å². The summed E-state index contributed by atoms with van der Waals surface area (Å²) in [7, 11) is 4.01. The molecule has 2 atom stereocenters. The Labute approximate surface area is 156 Å². The molecule has 1 amide bonds. The number of likely N-dealkylation sites (N-methyl/N-ethyl adjacent to an activating group) is 1. The van der Waals surface area contributed by atoms with E-state index in [1.807, 2.05) is 75.6 Å². The molecule has 0 heterocycles. The Kier molecular flexibility index (Phi) is 7.63. The summed E-state index contributed by atoms with van der Waals surface area (Å²) < 4.78 is 5.84. The highest BCUT2D eigenvalue weighted by molar-refractivity contribution is 5.79. The molecule has 26 heavy (non-hydrogen) atoms. The standard InChI is InChI=1S/C21H29N3O2/c1-16(20(22)17-9-5-4-6-10-17)21(25)23-15-18-11-7-8-12-19(18)26-14-13-24(2)3/h4-12,16,20H,13-15,22H2,1-3H3,(H,23,25). The van der Waals surface area contributed by atoms with Gasteiger partial charge in [0.25, 0.3) is 0 Å². The number of nitrogens with zero attached hydrogens (tertiary/aromatic N) is 1.